The summed E-state index contributed by atoms with van der Waals surface area (Å²) in [7, 11) is 0. The summed E-state index contributed by atoms with van der Waals surface area (Å²) in [5.74, 6) is -1.41. The Morgan fingerprint density at radius 1 is 1.15 bits per heavy atom. The highest BCUT2D eigenvalue weighted by Gasteiger charge is 2.39. The summed E-state index contributed by atoms with van der Waals surface area (Å²) in [6.07, 6.45) is 4.58. The van der Waals surface area contributed by atoms with E-state index in [0.29, 0.717) is 19.1 Å². The van der Waals surface area contributed by atoms with Crippen LogP contribution in [0, 0.1) is 23.5 Å². The smallest absolute Gasteiger partial charge is 0.228 e. The minimum atomic E-state index is -0.779. The first kappa shape index (κ1) is 18.3. The quantitative estimate of drug-likeness (QED) is 0.857. The second-order valence-electron chi connectivity index (χ2n) is 7.95. The number of amides is 2. The molecule has 3 aliphatic rings. The molecule has 1 saturated carbocycles. The highest BCUT2D eigenvalue weighted by molar-refractivity contribution is 6.00. The van der Waals surface area contributed by atoms with Gasteiger partial charge in [0.15, 0.2) is 0 Å². The van der Waals surface area contributed by atoms with Gasteiger partial charge in [0, 0.05) is 38.2 Å². The van der Waals surface area contributed by atoms with Gasteiger partial charge in [0.05, 0.1) is 11.6 Å². The van der Waals surface area contributed by atoms with Crippen LogP contribution in [-0.4, -0.2) is 48.9 Å². The topological polar surface area (TPSA) is 52.7 Å². The first-order chi connectivity index (χ1) is 13.0. The van der Waals surface area contributed by atoms with Gasteiger partial charge in [-0.15, -0.1) is 0 Å². The minimum absolute atomic E-state index is 0.0333. The lowest BCUT2D eigenvalue weighted by molar-refractivity contribution is -0.136. The summed E-state index contributed by atoms with van der Waals surface area (Å²) in [5, 5.41) is 3.59. The van der Waals surface area contributed by atoms with Gasteiger partial charge >= 0.3 is 0 Å². The zero-order valence-electron chi connectivity index (χ0n) is 15.3. The Morgan fingerprint density at radius 3 is 2.56 bits per heavy atom. The molecular weight excluding hydrogens is 352 g/mol. The Bertz CT molecular complexity index is 730. The molecular formula is C20H25F2N3O2. The highest BCUT2D eigenvalue weighted by Crippen LogP contribution is 2.30. The van der Waals surface area contributed by atoms with E-state index < -0.39 is 17.6 Å². The van der Waals surface area contributed by atoms with Gasteiger partial charge in [0.25, 0.3) is 0 Å². The van der Waals surface area contributed by atoms with Crippen LogP contribution in [0.15, 0.2) is 18.2 Å². The van der Waals surface area contributed by atoms with Crippen molar-refractivity contribution in [2.24, 2.45) is 11.8 Å². The third-order valence-electron chi connectivity index (χ3n) is 5.87. The van der Waals surface area contributed by atoms with E-state index in [1.54, 1.807) is 0 Å². The first-order valence-corrected chi connectivity index (χ1v) is 9.79. The number of rotatable bonds is 5. The molecule has 2 amide bonds. The maximum atomic E-state index is 14.0. The van der Waals surface area contributed by atoms with Crippen LogP contribution < -0.4 is 10.2 Å². The van der Waals surface area contributed by atoms with E-state index >= 15 is 0 Å². The molecule has 7 heteroatoms. The van der Waals surface area contributed by atoms with Crippen molar-refractivity contribution in [3.05, 3.63) is 29.8 Å². The van der Waals surface area contributed by atoms with Gasteiger partial charge in [0.1, 0.15) is 11.6 Å². The molecule has 1 aliphatic carbocycles. The molecule has 3 fully saturated rings. The van der Waals surface area contributed by atoms with Crippen LogP contribution >= 0.6 is 0 Å². The van der Waals surface area contributed by atoms with E-state index in [1.165, 1.54) is 23.8 Å². The van der Waals surface area contributed by atoms with Crippen LogP contribution in [0.3, 0.4) is 0 Å². The molecule has 0 aromatic heterocycles. The predicted octanol–water partition coefficient (Wildman–Crippen LogP) is 2.31. The molecule has 146 valence electrons. The zero-order chi connectivity index (χ0) is 19.0. The molecule has 0 bridgehead atoms. The Morgan fingerprint density at radius 2 is 1.89 bits per heavy atom. The van der Waals surface area contributed by atoms with Crippen molar-refractivity contribution in [3.63, 3.8) is 0 Å². The molecule has 1 aromatic rings. The minimum Gasteiger partial charge on any atom is -0.342 e. The van der Waals surface area contributed by atoms with Crippen LogP contribution in [0.25, 0.3) is 0 Å². The van der Waals surface area contributed by atoms with Crippen LogP contribution in [0.4, 0.5) is 14.5 Å². The van der Waals surface area contributed by atoms with E-state index in [0.717, 1.165) is 37.4 Å². The first-order valence-electron chi connectivity index (χ1n) is 9.79. The molecule has 27 heavy (non-hydrogen) atoms. The Kier molecular flexibility index (Phi) is 5.12. The molecule has 1 N–H and O–H groups in total. The van der Waals surface area contributed by atoms with Crippen molar-refractivity contribution in [3.8, 4) is 0 Å². The lowest BCUT2D eigenvalue weighted by Crippen LogP contribution is -2.47. The van der Waals surface area contributed by atoms with E-state index in [-0.39, 0.29) is 30.5 Å². The number of hydrogen-bond acceptors (Lipinski definition) is 3. The SMILES string of the molecule is O=C(C1CC(=O)N(c2ccc(F)cc2F)C1)N1CCC(NCC2CC2)CC1. The molecule has 0 radical (unpaired) electrons. The van der Waals surface area contributed by atoms with E-state index in [9.17, 15) is 18.4 Å². The van der Waals surface area contributed by atoms with Crippen LogP contribution in [0.5, 0.6) is 0 Å². The van der Waals surface area contributed by atoms with Crippen molar-refractivity contribution in [1.29, 1.82) is 0 Å². The number of hydrogen-bond donors (Lipinski definition) is 1. The van der Waals surface area contributed by atoms with Gasteiger partial charge < -0.3 is 15.1 Å². The van der Waals surface area contributed by atoms with E-state index in [2.05, 4.69) is 5.32 Å². The third-order valence-corrected chi connectivity index (χ3v) is 5.87. The van der Waals surface area contributed by atoms with Crippen molar-refractivity contribution in [2.75, 3.05) is 31.1 Å². The standard InChI is InChI=1S/C20H25F2N3O2/c21-15-3-4-18(17(22)10-15)25-12-14(9-19(25)26)20(27)24-7-5-16(6-8-24)23-11-13-1-2-13/h3-4,10,13-14,16,23H,1-2,5-9,11-12H2. The number of piperidine rings is 1. The van der Waals surface area contributed by atoms with Crippen LogP contribution in [0.1, 0.15) is 32.1 Å². The van der Waals surface area contributed by atoms with Crippen molar-refractivity contribution in [1.82, 2.24) is 10.2 Å². The number of anilines is 1. The fourth-order valence-corrected chi connectivity index (χ4v) is 4.02. The van der Waals surface area contributed by atoms with Gasteiger partial charge in [-0.25, -0.2) is 8.78 Å². The lowest BCUT2D eigenvalue weighted by atomic mass is 10.0. The fraction of sp³-hybridized carbons (Fsp3) is 0.600. The summed E-state index contributed by atoms with van der Waals surface area (Å²) in [4.78, 5) is 28.2. The summed E-state index contributed by atoms with van der Waals surface area (Å²) in [5.41, 5.74) is 0.0414. The number of benzene rings is 1. The normalized spacial score (nSPS) is 23.9. The second kappa shape index (κ2) is 7.54. The van der Waals surface area contributed by atoms with Gasteiger partial charge in [-0.2, -0.15) is 0 Å². The third kappa shape index (κ3) is 4.13. The number of halogens is 2. The van der Waals surface area contributed by atoms with Gasteiger partial charge in [-0.05, 0) is 50.3 Å². The molecule has 2 heterocycles. The second-order valence-corrected chi connectivity index (χ2v) is 7.95. The van der Waals surface area contributed by atoms with Gasteiger partial charge in [-0.3, -0.25) is 9.59 Å². The van der Waals surface area contributed by atoms with Gasteiger partial charge in [0.2, 0.25) is 11.8 Å². The number of carbonyl (C=O) groups is 2. The average Bonchev–Trinajstić information content (AvgIpc) is 3.41. The van der Waals surface area contributed by atoms with E-state index in [1.807, 2.05) is 4.90 Å². The Labute approximate surface area is 157 Å². The molecule has 0 spiro atoms. The van der Waals surface area contributed by atoms with Crippen molar-refractivity contribution >= 4 is 17.5 Å². The summed E-state index contributed by atoms with van der Waals surface area (Å²) in [6, 6.07) is 3.61. The molecule has 1 aromatic carbocycles. The maximum absolute atomic E-state index is 14.0. The summed E-state index contributed by atoms with van der Waals surface area (Å²) < 4.78 is 27.1. The summed E-state index contributed by atoms with van der Waals surface area (Å²) >= 11 is 0. The predicted molar refractivity (Wildman–Crippen MR) is 97.1 cm³/mol. The van der Waals surface area contributed by atoms with Crippen molar-refractivity contribution in [2.45, 2.75) is 38.1 Å². The Balaban J connectivity index is 1.32. The maximum Gasteiger partial charge on any atom is 0.228 e. The fourth-order valence-electron chi connectivity index (χ4n) is 4.02. The van der Waals surface area contributed by atoms with Crippen LogP contribution in [-0.2, 0) is 9.59 Å². The monoisotopic (exact) mass is 377 g/mol. The number of nitrogens with zero attached hydrogens (tertiary/aromatic N) is 2. The molecule has 5 nitrogen and oxygen atoms in total. The zero-order valence-corrected chi connectivity index (χ0v) is 15.3. The molecule has 4 rings (SSSR count). The highest BCUT2D eigenvalue weighted by atomic mass is 19.1. The van der Waals surface area contributed by atoms with Crippen LogP contribution in [0.2, 0.25) is 0 Å². The number of likely N-dealkylation sites (tertiary alicyclic amines) is 1. The Hall–Kier alpha value is -2.02. The average molecular weight is 377 g/mol. The molecule has 2 aliphatic heterocycles. The van der Waals surface area contributed by atoms with Gasteiger partial charge in [-0.1, -0.05) is 0 Å². The molecule has 1 atom stereocenters. The molecule has 1 unspecified atom stereocenters. The van der Waals surface area contributed by atoms with E-state index in [4.69, 9.17) is 0 Å². The summed E-state index contributed by atoms with van der Waals surface area (Å²) in [6.45, 7) is 2.61. The molecule has 2 saturated heterocycles. The lowest BCUT2D eigenvalue weighted by Gasteiger charge is -2.34. The number of carbonyl (C=O) groups excluding carboxylic acids is 2. The van der Waals surface area contributed by atoms with Crippen molar-refractivity contribution < 1.29 is 18.4 Å². The largest absolute Gasteiger partial charge is 0.342 e. The number of nitrogens with one attached hydrogen (secondary N) is 1.